The molecule has 1 heterocycles. The Morgan fingerprint density at radius 2 is 1.37 bits per heavy atom. The highest BCUT2D eigenvalue weighted by molar-refractivity contribution is 7.91. The first-order chi connectivity index (χ1) is 12.8. The fraction of sp³-hybridized carbons (Fsp3) is 0.529. The predicted octanol–water partition coefficient (Wildman–Crippen LogP) is -0.384. The number of rotatable bonds is 7. The largest absolute Gasteiger partial charge is 0.473 e. The third-order valence-electron chi connectivity index (χ3n) is 4.05. The Hall–Kier alpha value is -2.01. The van der Waals surface area contributed by atoms with Crippen LogP contribution in [0.1, 0.15) is 6.42 Å². The molecule has 1 fully saturated rings. The number of nitrogens with zero attached hydrogens (tertiary/aromatic N) is 2. The number of aliphatic hydroxyl groups excluding tert-OH is 1. The number of carbonyl (C=O) groups is 2. The first-order valence-corrected chi connectivity index (χ1v) is 10.2. The molecule has 1 saturated heterocycles. The van der Waals surface area contributed by atoms with Gasteiger partial charge < -0.3 is 20.2 Å². The van der Waals surface area contributed by atoms with Gasteiger partial charge in [0.1, 0.15) is 0 Å². The lowest BCUT2D eigenvalue weighted by Crippen LogP contribution is -2.47. The molecule has 0 bridgehead atoms. The number of benzene rings is 1. The molecule has 27 heavy (non-hydrogen) atoms. The van der Waals surface area contributed by atoms with Crippen LogP contribution in [0.2, 0.25) is 0 Å². The number of piperazine rings is 1. The molecule has 0 radical (unpaired) electrons. The molecule has 0 aliphatic carbocycles. The van der Waals surface area contributed by atoms with Crippen LogP contribution in [0, 0.1) is 0 Å². The van der Waals surface area contributed by atoms with E-state index in [2.05, 4.69) is 9.80 Å². The summed E-state index contributed by atoms with van der Waals surface area (Å²) >= 11 is 0. The lowest BCUT2D eigenvalue weighted by molar-refractivity contribution is -0.159. The third-order valence-corrected chi connectivity index (χ3v) is 5.87. The molecule has 2 rings (SSSR count). The number of hydrogen-bond acceptors (Lipinski definition) is 7. The normalized spacial score (nSPS) is 15.6. The molecule has 0 amide bonds. The van der Waals surface area contributed by atoms with Gasteiger partial charge in [0.05, 0.1) is 17.3 Å². The number of hydrogen-bond donors (Lipinski definition) is 3. The van der Waals surface area contributed by atoms with Gasteiger partial charge in [0.25, 0.3) is 0 Å². The van der Waals surface area contributed by atoms with Crippen LogP contribution < -0.4 is 0 Å². The van der Waals surface area contributed by atoms with Gasteiger partial charge in [-0.3, -0.25) is 4.90 Å². The molecule has 1 aliphatic heterocycles. The topological polar surface area (TPSA) is 135 Å². The summed E-state index contributed by atoms with van der Waals surface area (Å²) in [7, 11) is -3.15. The van der Waals surface area contributed by atoms with Gasteiger partial charge in [0, 0.05) is 32.7 Å². The van der Waals surface area contributed by atoms with Crippen LogP contribution in [0.4, 0.5) is 0 Å². The fourth-order valence-electron chi connectivity index (χ4n) is 2.60. The maximum Gasteiger partial charge on any atom is 0.414 e. The highest BCUT2D eigenvalue weighted by Crippen LogP contribution is 2.12. The van der Waals surface area contributed by atoms with Gasteiger partial charge >= 0.3 is 11.9 Å². The van der Waals surface area contributed by atoms with Crippen LogP contribution in [0.25, 0.3) is 0 Å². The SMILES string of the molecule is O=C(O)C(=O)O.O=S(=O)(CCCN1CCN(CCO)CC1)c1ccccc1. The van der Waals surface area contributed by atoms with Crippen LogP contribution in [0.5, 0.6) is 0 Å². The van der Waals surface area contributed by atoms with Crippen LogP contribution in [-0.4, -0.2) is 97.1 Å². The van der Waals surface area contributed by atoms with Crippen molar-refractivity contribution in [2.24, 2.45) is 0 Å². The van der Waals surface area contributed by atoms with Gasteiger partial charge in [-0.15, -0.1) is 0 Å². The van der Waals surface area contributed by atoms with E-state index in [9.17, 15) is 8.42 Å². The Morgan fingerprint density at radius 1 is 0.889 bits per heavy atom. The fourth-order valence-corrected chi connectivity index (χ4v) is 3.92. The van der Waals surface area contributed by atoms with E-state index in [1.54, 1.807) is 24.3 Å². The molecule has 10 heteroatoms. The van der Waals surface area contributed by atoms with E-state index in [4.69, 9.17) is 24.9 Å². The molecule has 0 unspecified atom stereocenters. The number of carboxylic acid groups (broad SMARTS) is 2. The standard InChI is InChI=1S/C15H24N2O3S.C2H2O4/c18-13-12-17-10-8-16(9-11-17)7-4-14-21(19,20)15-5-2-1-3-6-15;3-1(4)2(5)6/h1-3,5-6,18H,4,7-14H2;(H,3,4)(H,5,6). The van der Waals surface area contributed by atoms with Crippen molar-refractivity contribution in [3.63, 3.8) is 0 Å². The van der Waals surface area contributed by atoms with Gasteiger partial charge in [0.2, 0.25) is 0 Å². The summed E-state index contributed by atoms with van der Waals surface area (Å²) in [5.74, 6) is -3.45. The van der Waals surface area contributed by atoms with Crippen molar-refractivity contribution in [2.75, 3.05) is 51.6 Å². The van der Waals surface area contributed by atoms with E-state index in [0.717, 1.165) is 39.3 Å². The monoisotopic (exact) mass is 402 g/mol. The van der Waals surface area contributed by atoms with Crippen molar-refractivity contribution >= 4 is 21.8 Å². The third kappa shape index (κ3) is 8.96. The van der Waals surface area contributed by atoms with Crippen LogP contribution in [-0.2, 0) is 19.4 Å². The van der Waals surface area contributed by atoms with E-state index < -0.39 is 21.8 Å². The zero-order valence-corrected chi connectivity index (χ0v) is 15.8. The number of carboxylic acids is 2. The minimum absolute atomic E-state index is 0.202. The number of sulfone groups is 1. The average Bonchev–Trinajstić information content (AvgIpc) is 2.64. The maximum absolute atomic E-state index is 12.2. The molecule has 0 aromatic heterocycles. The molecule has 152 valence electrons. The van der Waals surface area contributed by atoms with Crippen molar-refractivity contribution in [1.82, 2.24) is 9.80 Å². The summed E-state index contributed by atoms with van der Waals surface area (Å²) in [6.07, 6.45) is 0.664. The highest BCUT2D eigenvalue weighted by Gasteiger charge is 2.18. The van der Waals surface area contributed by atoms with E-state index in [1.807, 2.05) is 6.07 Å². The van der Waals surface area contributed by atoms with Crippen LogP contribution >= 0.6 is 0 Å². The molecule has 1 aliphatic rings. The quantitative estimate of drug-likeness (QED) is 0.521. The molecule has 1 aromatic carbocycles. The molecular formula is C17H26N2O7S. The molecule has 3 N–H and O–H groups in total. The molecule has 1 aromatic rings. The minimum Gasteiger partial charge on any atom is -0.473 e. The van der Waals surface area contributed by atoms with E-state index in [0.29, 0.717) is 11.3 Å². The van der Waals surface area contributed by atoms with Crippen LogP contribution in [0.3, 0.4) is 0 Å². The zero-order valence-electron chi connectivity index (χ0n) is 15.0. The van der Waals surface area contributed by atoms with E-state index >= 15 is 0 Å². The van der Waals surface area contributed by atoms with Crippen molar-refractivity contribution < 1.29 is 33.3 Å². The van der Waals surface area contributed by atoms with Crippen molar-refractivity contribution in [3.05, 3.63) is 30.3 Å². The second-order valence-corrected chi connectivity index (χ2v) is 8.11. The predicted molar refractivity (Wildman–Crippen MR) is 98.3 cm³/mol. The van der Waals surface area contributed by atoms with Crippen molar-refractivity contribution in [2.45, 2.75) is 11.3 Å². The molecule has 0 saturated carbocycles. The number of β-amino-alcohol motifs (C(OH)–C–C–N with tert-alkyl or cyclic N) is 1. The lowest BCUT2D eigenvalue weighted by Gasteiger charge is -2.34. The molecule has 0 atom stereocenters. The first kappa shape index (κ1) is 23.0. The summed E-state index contributed by atoms with van der Waals surface area (Å²) in [6, 6.07) is 8.65. The maximum atomic E-state index is 12.2. The second kappa shape index (κ2) is 11.7. The Labute approximate surface area is 158 Å². The number of aliphatic hydroxyl groups is 1. The van der Waals surface area contributed by atoms with Gasteiger partial charge in [-0.2, -0.15) is 0 Å². The summed E-state index contributed by atoms with van der Waals surface area (Å²) in [4.78, 5) is 23.1. The van der Waals surface area contributed by atoms with Crippen molar-refractivity contribution in [1.29, 1.82) is 0 Å². The highest BCUT2D eigenvalue weighted by atomic mass is 32.2. The summed E-state index contributed by atoms with van der Waals surface area (Å²) in [5, 5.41) is 23.7. The Bertz CT molecular complexity index is 674. The van der Waals surface area contributed by atoms with Crippen molar-refractivity contribution in [3.8, 4) is 0 Å². The Balaban J connectivity index is 0.000000527. The second-order valence-electron chi connectivity index (χ2n) is 6.00. The molecule has 9 nitrogen and oxygen atoms in total. The van der Waals surface area contributed by atoms with Gasteiger partial charge in [-0.05, 0) is 25.1 Å². The minimum atomic E-state index is -3.15. The summed E-state index contributed by atoms with van der Waals surface area (Å²) < 4.78 is 24.3. The average molecular weight is 402 g/mol. The van der Waals surface area contributed by atoms with Gasteiger partial charge in [0.15, 0.2) is 9.84 Å². The Morgan fingerprint density at radius 3 is 1.81 bits per heavy atom. The summed E-state index contributed by atoms with van der Waals surface area (Å²) in [6.45, 7) is 5.55. The van der Waals surface area contributed by atoms with E-state index in [1.165, 1.54) is 0 Å². The Kier molecular flexibility index (Phi) is 9.94. The molecule has 0 spiro atoms. The van der Waals surface area contributed by atoms with Gasteiger partial charge in [-0.25, -0.2) is 18.0 Å². The van der Waals surface area contributed by atoms with E-state index in [-0.39, 0.29) is 12.4 Å². The smallest absolute Gasteiger partial charge is 0.414 e. The summed E-state index contributed by atoms with van der Waals surface area (Å²) in [5.41, 5.74) is 0. The first-order valence-electron chi connectivity index (χ1n) is 8.56. The lowest BCUT2D eigenvalue weighted by atomic mass is 10.3. The van der Waals surface area contributed by atoms with Crippen LogP contribution in [0.15, 0.2) is 35.2 Å². The molecular weight excluding hydrogens is 376 g/mol. The van der Waals surface area contributed by atoms with Gasteiger partial charge in [-0.1, -0.05) is 18.2 Å². The zero-order chi connectivity index (χ0) is 20.3. The number of aliphatic carboxylic acids is 2.